The van der Waals surface area contributed by atoms with Gasteiger partial charge < -0.3 is 9.30 Å². The molecule has 1 aromatic heterocycles. The molecule has 1 heterocycles. The molecule has 0 radical (unpaired) electrons. The van der Waals surface area contributed by atoms with Crippen LogP contribution in [0.15, 0.2) is 77.8 Å². The molecule has 0 aliphatic carbocycles. The van der Waals surface area contributed by atoms with Crippen molar-refractivity contribution in [1.29, 1.82) is 0 Å². The number of benzene rings is 3. The minimum atomic E-state index is -0.426. The molecule has 7 nitrogen and oxygen atoms in total. The highest BCUT2D eigenvalue weighted by molar-refractivity contribution is 7.16. The molecule has 0 fully saturated rings. The third kappa shape index (κ3) is 4.54. The summed E-state index contributed by atoms with van der Waals surface area (Å²) in [6, 6.07) is 20.9. The fourth-order valence-electron chi connectivity index (χ4n) is 3.14. The number of aromatic nitrogens is 1. The van der Waals surface area contributed by atoms with Gasteiger partial charge in [0.2, 0.25) is 0 Å². The van der Waals surface area contributed by atoms with E-state index >= 15 is 0 Å². The molecule has 156 valence electrons. The Hall–Kier alpha value is -3.78. The van der Waals surface area contributed by atoms with E-state index in [1.165, 1.54) is 23.5 Å². The van der Waals surface area contributed by atoms with Crippen LogP contribution in [-0.4, -0.2) is 15.4 Å². The van der Waals surface area contributed by atoms with Crippen LogP contribution in [0.1, 0.15) is 23.7 Å². The van der Waals surface area contributed by atoms with E-state index in [1.807, 2.05) is 41.8 Å². The Morgan fingerprint density at radius 2 is 1.77 bits per heavy atom. The van der Waals surface area contributed by atoms with Gasteiger partial charge in [-0.3, -0.25) is 14.9 Å². The highest BCUT2D eigenvalue weighted by atomic mass is 32.1. The van der Waals surface area contributed by atoms with Crippen LogP contribution in [-0.2, 0) is 6.54 Å². The molecule has 0 N–H and O–H groups in total. The molecule has 4 rings (SSSR count). The molecule has 4 aromatic rings. The van der Waals surface area contributed by atoms with E-state index in [-0.39, 0.29) is 11.6 Å². The fraction of sp³-hybridized carbons (Fsp3) is 0.130. The zero-order chi connectivity index (χ0) is 21.8. The summed E-state index contributed by atoms with van der Waals surface area (Å²) in [5.41, 5.74) is 1.28. The molecule has 1 amide bonds. The Bertz CT molecular complexity index is 1310. The van der Waals surface area contributed by atoms with Crippen LogP contribution in [0, 0.1) is 10.1 Å². The molecule has 0 aliphatic rings. The highest BCUT2D eigenvalue weighted by Crippen LogP contribution is 2.24. The SMILES string of the molecule is CCCn1c(=NC(=O)c2ccc(Oc3ccccc3)cc2)sc2cc([N+](=O)[O-])ccc21. The zero-order valence-electron chi connectivity index (χ0n) is 16.7. The average Bonchev–Trinajstić information content (AvgIpc) is 3.11. The Labute approximate surface area is 182 Å². The van der Waals surface area contributed by atoms with E-state index in [0.717, 1.165) is 16.6 Å². The van der Waals surface area contributed by atoms with Crippen molar-refractivity contribution >= 4 is 33.1 Å². The number of ether oxygens (including phenoxy) is 1. The molecule has 0 saturated carbocycles. The second kappa shape index (κ2) is 8.93. The van der Waals surface area contributed by atoms with E-state index in [1.54, 1.807) is 30.3 Å². The first-order valence-corrected chi connectivity index (χ1v) is 10.6. The fourth-order valence-corrected chi connectivity index (χ4v) is 4.23. The van der Waals surface area contributed by atoms with Crippen molar-refractivity contribution in [3.05, 3.63) is 93.3 Å². The number of aryl methyl sites for hydroxylation is 1. The number of rotatable bonds is 6. The average molecular weight is 433 g/mol. The maximum atomic E-state index is 12.8. The van der Waals surface area contributed by atoms with Gasteiger partial charge in [0.25, 0.3) is 11.6 Å². The number of thiazole rings is 1. The molecule has 0 atom stereocenters. The number of hydrogen-bond donors (Lipinski definition) is 0. The van der Waals surface area contributed by atoms with Gasteiger partial charge in [0.15, 0.2) is 4.80 Å². The second-order valence-electron chi connectivity index (χ2n) is 6.80. The number of carbonyl (C=O) groups excluding carboxylic acids is 1. The van der Waals surface area contributed by atoms with Crippen LogP contribution in [0.5, 0.6) is 11.5 Å². The number of hydrogen-bond acceptors (Lipinski definition) is 5. The van der Waals surface area contributed by atoms with Gasteiger partial charge in [-0.1, -0.05) is 36.5 Å². The molecular weight excluding hydrogens is 414 g/mol. The topological polar surface area (TPSA) is 86.7 Å². The number of para-hydroxylation sites is 1. The number of nitrogens with zero attached hydrogens (tertiary/aromatic N) is 3. The van der Waals surface area contributed by atoms with Gasteiger partial charge in [-0.2, -0.15) is 4.99 Å². The standard InChI is InChI=1S/C23H19N3O4S/c1-2-14-25-20-13-10-17(26(28)29)15-21(20)31-23(25)24-22(27)16-8-11-19(12-9-16)30-18-6-4-3-5-7-18/h3-13,15H,2,14H2,1H3. The van der Waals surface area contributed by atoms with Crippen LogP contribution in [0.2, 0.25) is 0 Å². The summed E-state index contributed by atoms with van der Waals surface area (Å²) >= 11 is 1.27. The van der Waals surface area contributed by atoms with Gasteiger partial charge in [-0.05, 0) is 48.9 Å². The van der Waals surface area contributed by atoms with E-state index in [2.05, 4.69) is 4.99 Å². The summed E-state index contributed by atoms with van der Waals surface area (Å²) in [7, 11) is 0. The van der Waals surface area contributed by atoms with Crippen molar-refractivity contribution in [3.8, 4) is 11.5 Å². The molecule has 0 bridgehead atoms. The van der Waals surface area contributed by atoms with Crippen LogP contribution in [0.25, 0.3) is 10.2 Å². The third-order valence-corrected chi connectivity index (χ3v) is 5.64. The van der Waals surface area contributed by atoms with Crippen molar-refractivity contribution in [2.24, 2.45) is 4.99 Å². The summed E-state index contributed by atoms with van der Waals surface area (Å²) in [4.78, 5) is 28.3. The predicted octanol–water partition coefficient (Wildman–Crippen LogP) is 5.55. The Kier molecular flexibility index (Phi) is 5.90. The van der Waals surface area contributed by atoms with Gasteiger partial charge in [-0.15, -0.1) is 0 Å². The molecule has 8 heteroatoms. The number of nitro groups is 1. The lowest BCUT2D eigenvalue weighted by Gasteiger charge is -2.05. The lowest BCUT2D eigenvalue weighted by atomic mass is 10.2. The van der Waals surface area contributed by atoms with Gasteiger partial charge in [0, 0.05) is 24.2 Å². The lowest BCUT2D eigenvalue weighted by molar-refractivity contribution is -0.384. The van der Waals surface area contributed by atoms with Gasteiger partial charge in [0.05, 0.1) is 15.1 Å². The highest BCUT2D eigenvalue weighted by Gasteiger charge is 2.13. The largest absolute Gasteiger partial charge is 0.457 e. The maximum absolute atomic E-state index is 12.8. The molecule has 0 saturated heterocycles. The van der Waals surface area contributed by atoms with Crippen LogP contribution in [0.4, 0.5) is 5.69 Å². The Morgan fingerprint density at radius 3 is 2.45 bits per heavy atom. The summed E-state index contributed by atoms with van der Waals surface area (Å²) in [6.45, 7) is 2.69. The Morgan fingerprint density at radius 1 is 1.06 bits per heavy atom. The maximum Gasteiger partial charge on any atom is 0.279 e. The van der Waals surface area contributed by atoms with E-state index in [9.17, 15) is 14.9 Å². The number of carbonyl (C=O) groups is 1. The quantitative estimate of drug-likeness (QED) is 0.294. The zero-order valence-corrected chi connectivity index (χ0v) is 17.5. The van der Waals surface area contributed by atoms with Crippen molar-refractivity contribution in [2.45, 2.75) is 19.9 Å². The molecule has 0 unspecified atom stereocenters. The van der Waals surface area contributed by atoms with Crippen molar-refractivity contribution in [1.82, 2.24) is 4.57 Å². The number of fused-ring (bicyclic) bond motifs is 1. The van der Waals surface area contributed by atoms with Gasteiger partial charge in [-0.25, -0.2) is 0 Å². The molecule has 3 aromatic carbocycles. The third-order valence-electron chi connectivity index (χ3n) is 4.60. The summed E-state index contributed by atoms with van der Waals surface area (Å²) in [6.07, 6.45) is 0.843. The summed E-state index contributed by atoms with van der Waals surface area (Å²) < 4.78 is 8.40. The van der Waals surface area contributed by atoms with E-state index in [4.69, 9.17) is 4.74 Å². The van der Waals surface area contributed by atoms with Crippen molar-refractivity contribution in [2.75, 3.05) is 0 Å². The predicted molar refractivity (Wildman–Crippen MR) is 120 cm³/mol. The first-order valence-electron chi connectivity index (χ1n) is 9.75. The second-order valence-corrected chi connectivity index (χ2v) is 7.81. The first kappa shape index (κ1) is 20.5. The minimum Gasteiger partial charge on any atom is -0.457 e. The first-order chi connectivity index (χ1) is 15.0. The van der Waals surface area contributed by atoms with E-state index < -0.39 is 4.92 Å². The van der Waals surface area contributed by atoms with Crippen LogP contribution in [0.3, 0.4) is 0 Å². The number of non-ortho nitro benzene ring substituents is 1. The van der Waals surface area contributed by atoms with Crippen molar-refractivity contribution in [3.63, 3.8) is 0 Å². The summed E-state index contributed by atoms with van der Waals surface area (Å²) in [5, 5.41) is 11.1. The monoisotopic (exact) mass is 433 g/mol. The smallest absolute Gasteiger partial charge is 0.279 e. The van der Waals surface area contributed by atoms with Crippen molar-refractivity contribution < 1.29 is 14.5 Å². The molecule has 0 spiro atoms. The number of nitro benzene ring substituents is 1. The Balaban J connectivity index is 1.64. The van der Waals surface area contributed by atoms with Gasteiger partial charge >= 0.3 is 0 Å². The normalized spacial score (nSPS) is 11.6. The number of amides is 1. The lowest BCUT2D eigenvalue weighted by Crippen LogP contribution is -2.16. The molecule has 31 heavy (non-hydrogen) atoms. The molecular formula is C23H19N3O4S. The van der Waals surface area contributed by atoms with Crippen LogP contribution < -0.4 is 9.54 Å². The van der Waals surface area contributed by atoms with Crippen LogP contribution >= 0.6 is 11.3 Å². The summed E-state index contributed by atoms with van der Waals surface area (Å²) in [5.74, 6) is 0.960. The molecule has 0 aliphatic heterocycles. The van der Waals surface area contributed by atoms with E-state index in [0.29, 0.717) is 28.4 Å². The van der Waals surface area contributed by atoms with Gasteiger partial charge in [0.1, 0.15) is 11.5 Å². The minimum absolute atomic E-state index is 0.0179.